The summed E-state index contributed by atoms with van der Waals surface area (Å²) < 4.78 is 0.837. The lowest BCUT2D eigenvalue weighted by Crippen LogP contribution is -2.11. The van der Waals surface area contributed by atoms with Crippen LogP contribution >= 0.6 is 34.4 Å². The van der Waals surface area contributed by atoms with Crippen molar-refractivity contribution in [1.82, 2.24) is 15.2 Å². The van der Waals surface area contributed by atoms with Crippen molar-refractivity contribution in [3.8, 4) is 0 Å². The van der Waals surface area contributed by atoms with E-state index in [1.165, 1.54) is 22.7 Å². The summed E-state index contributed by atoms with van der Waals surface area (Å²) in [5.41, 5.74) is 7.68. The van der Waals surface area contributed by atoms with Crippen LogP contribution in [0.2, 0.25) is 0 Å². The number of rotatable bonds is 7. The molecule has 3 aromatic rings. The molecular formula is C16H19N5OS3. The Labute approximate surface area is 158 Å². The van der Waals surface area contributed by atoms with Crippen LogP contribution in [0, 0.1) is 0 Å². The molecule has 0 saturated carbocycles. The zero-order valence-electron chi connectivity index (χ0n) is 14.0. The zero-order valence-corrected chi connectivity index (χ0v) is 16.5. The Hall–Kier alpha value is -1.71. The number of carbonyl (C=O) groups excluding carboxylic acids is 1. The Morgan fingerprint density at radius 3 is 2.88 bits per heavy atom. The van der Waals surface area contributed by atoms with Gasteiger partial charge in [-0.3, -0.25) is 10.1 Å². The fourth-order valence-electron chi connectivity index (χ4n) is 2.30. The van der Waals surface area contributed by atoms with Gasteiger partial charge in [0.25, 0.3) is 5.91 Å². The van der Waals surface area contributed by atoms with Crippen LogP contribution < -0.4 is 11.1 Å². The normalized spacial score (nSPS) is 11.1. The van der Waals surface area contributed by atoms with Crippen molar-refractivity contribution in [2.75, 3.05) is 16.8 Å². The average Bonchev–Trinajstić information content (AvgIpc) is 3.17. The summed E-state index contributed by atoms with van der Waals surface area (Å²) in [5.74, 6) is 0.650. The van der Waals surface area contributed by atoms with Crippen molar-refractivity contribution in [3.63, 3.8) is 0 Å². The number of aryl methyl sites for hydroxylation is 1. The van der Waals surface area contributed by atoms with Gasteiger partial charge in [0.15, 0.2) is 4.34 Å². The van der Waals surface area contributed by atoms with Crippen LogP contribution in [0.25, 0.3) is 10.2 Å². The van der Waals surface area contributed by atoms with Gasteiger partial charge in [-0.15, -0.1) is 21.5 Å². The Balaban J connectivity index is 1.81. The molecular weight excluding hydrogens is 374 g/mol. The number of nitrogens with zero attached hydrogens (tertiary/aromatic N) is 3. The first-order valence-corrected chi connectivity index (χ1v) is 10.7. The van der Waals surface area contributed by atoms with Gasteiger partial charge in [0.2, 0.25) is 5.13 Å². The first-order chi connectivity index (χ1) is 12.1. The van der Waals surface area contributed by atoms with E-state index in [0.29, 0.717) is 15.7 Å². The number of carbonyl (C=O) groups is 1. The van der Waals surface area contributed by atoms with Crippen LogP contribution in [0.1, 0.15) is 42.1 Å². The molecule has 0 fully saturated rings. The number of pyridine rings is 1. The Morgan fingerprint density at radius 1 is 1.28 bits per heavy atom. The molecule has 3 heterocycles. The molecule has 0 atom stereocenters. The molecule has 0 spiro atoms. The standard InChI is InChI=1S/C16H19N5OS3/c1-3-5-6-9-7-8-10-11(17)12(24-14(10)18-9)13(22)19-15-20-21-16(25-15)23-4-2/h7-8H,3-6,17H2,1-2H3,(H,19,20,22). The highest BCUT2D eigenvalue weighted by molar-refractivity contribution is 8.01. The lowest BCUT2D eigenvalue weighted by atomic mass is 10.1. The summed E-state index contributed by atoms with van der Waals surface area (Å²) >= 11 is 4.28. The SMILES string of the molecule is CCCCc1ccc2c(N)c(C(=O)Nc3nnc(SCC)s3)sc2n1. The van der Waals surface area contributed by atoms with E-state index in [4.69, 9.17) is 5.73 Å². The summed E-state index contributed by atoms with van der Waals surface area (Å²) in [6, 6.07) is 3.94. The van der Waals surface area contributed by atoms with Crippen molar-refractivity contribution >= 4 is 61.4 Å². The highest BCUT2D eigenvalue weighted by Crippen LogP contribution is 2.34. The van der Waals surface area contributed by atoms with E-state index < -0.39 is 0 Å². The van der Waals surface area contributed by atoms with E-state index >= 15 is 0 Å². The van der Waals surface area contributed by atoms with E-state index in [2.05, 4.69) is 27.4 Å². The lowest BCUT2D eigenvalue weighted by molar-refractivity contribution is 0.103. The maximum atomic E-state index is 12.6. The summed E-state index contributed by atoms with van der Waals surface area (Å²) in [4.78, 5) is 18.5. The van der Waals surface area contributed by atoms with E-state index in [1.54, 1.807) is 11.8 Å². The van der Waals surface area contributed by atoms with Crippen LogP contribution in [-0.2, 0) is 6.42 Å². The molecule has 3 aromatic heterocycles. The summed E-state index contributed by atoms with van der Waals surface area (Å²) in [5, 5.41) is 12.1. The van der Waals surface area contributed by atoms with Gasteiger partial charge in [0.1, 0.15) is 9.71 Å². The zero-order chi connectivity index (χ0) is 17.8. The maximum Gasteiger partial charge on any atom is 0.269 e. The number of hydrogen-bond donors (Lipinski definition) is 2. The van der Waals surface area contributed by atoms with Crippen LogP contribution in [0.4, 0.5) is 10.8 Å². The number of thioether (sulfide) groups is 1. The molecule has 0 radical (unpaired) electrons. The average molecular weight is 394 g/mol. The molecule has 3 N–H and O–H groups in total. The second-order valence-electron chi connectivity index (χ2n) is 5.36. The van der Waals surface area contributed by atoms with Crippen molar-refractivity contribution < 1.29 is 4.79 Å². The third kappa shape index (κ3) is 4.10. The molecule has 1 amide bonds. The van der Waals surface area contributed by atoms with Gasteiger partial charge >= 0.3 is 0 Å². The van der Waals surface area contributed by atoms with Crippen molar-refractivity contribution in [2.24, 2.45) is 0 Å². The molecule has 0 aliphatic heterocycles. The van der Waals surface area contributed by atoms with Crippen LogP contribution in [-0.4, -0.2) is 26.8 Å². The molecule has 0 bridgehead atoms. The quantitative estimate of drug-likeness (QED) is 0.455. The number of nitrogens with two attached hydrogens (primary N) is 1. The van der Waals surface area contributed by atoms with Gasteiger partial charge < -0.3 is 5.73 Å². The maximum absolute atomic E-state index is 12.6. The van der Waals surface area contributed by atoms with Crippen molar-refractivity contribution in [3.05, 3.63) is 22.7 Å². The summed E-state index contributed by atoms with van der Waals surface area (Å²) in [7, 11) is 0. The Kier molecular flexibility index (Phi) is 5.87. The number of nitrogens with one attached hydrogen (secondary N) is 1. The van der Waals surface area contributed by atoms with Gasteiger partial charge in [-0.2, -0.15) is 0 Å². The molecule has 0 saturated heterocycles. The highest BCUT2D eigenvalue weighted by Gasteiger charge is 2.19. The first-order valence-electron chi connectivity index (χ1n) is 8.07. The number of hydrogen-bond acceptors (Lipinski definition) is 8. The predicted octanol–water partition coefficient (Wildman–Crippen LogP) is 4.44. The number of amides is 1. The minimum Gasteiger partial charge on any atom is -0.397 e. The molecule has 0 aromatic carbocycles. The fourth-order valence-corrected chi connectivity index (χ4v) is 4.95. The van der Waals surface area contributed by atoms with E-state index in [9.17, 15) is 4.79 Å². The largest absolute Gasteiger partial charge is 0.397 e. The predicted molar refractivity (Wildman–Crippen MR) is 107 cm³/mol. The molecule has 9 heteroatoms. The minimum atomic E-state index is -0.264. The fraction of sp³-hybridized carbons (Fsp3) is 0.375. The van der Waals surface area contributed by atoms with E-state index in [1.807, 2.05) is 19.1 Å². The first kappa shape index (κ1) is 18.1. The number of nitrogen functional groups attached to an aromatic ring is 1. The van der Waals surface area contributed by atoms with Crippen molar-refractivity contribution in [2.45, 2.75) is 37.4 Å². The monoisotopic (exact) mass is 393 g/mol. The molecule has 0 aliphatic rings. The Morgan fingerprint density at radius 2 is 2.12 bits per heavy atom. The van der Waals surface area contributed by atoms with Crippen LogP contribution in [0.3, 0.4) is 0 Å². The second kappa shape index (κ2) is 8.11. The van der Waals surface area contributed by atoms with Gasteiger partial charge in [0.05, 0.1) is 5.69 Å². The number of anilines is 2. The Bertz CT molecular complexity index is 889. The number of aromatic nitrogens is 3. The smallest absolute Gasteiger partial charge is 0.269 e. The van der Waals surface area contributed by atoms with Crippen LogP contribution in [0.15, 0.2) is 16.5 Å². The molecule has 0 unspecified atom stereocenters. The van der Waals surface area contributed by atoms with Gasteiger partial charge in [0, 0.05) is 11.1 Å². The molecule has 132 valence electrons. The topological polar surface area (TPSA) is 93.8 Å². The number of thiophene rings is 1. The molecule has 6 nitrogen and oxygen atoms in total. The van der Waals surface area contributed by atoms with Gasteiger partial charge in [-0.25, -0.2) is 4.98 Å². The van der Waals surface area contributed by atoms with Crippen LogP contribution in [0.5, 0.6) is 0 Å². The summed E-state index contributed by atoms with van der Waals surface area (Å²) in [6.07, 6.45) is 3.16. The summed E-state index contributed by atoms with van der Waals surface area (Å²) in [6.45, 7) is 4.20. The highest BCUT2D eigenvalue weighted by atomic mass is 32.2. The number of fused-ring (bicyclic) bond motifs is 1. The number of unbranched alkanes of at least 4 members (excludes halogenated alkanes) is 1. The third-order valence-corrected chi connectivity index (χ3v) is 6.51. The molecule has 0 aliphatic carbocycles. The van der Waals surface area contributed by atoms with Gasteiger partial charge in [-0.1, -0.05) is 43.4 Å². The van der Waals surface area contributed by atoms with E-state index in [0.717, 1.165) is 45.3 Å². The van der Waals surface area contributed by atoms with E-state index in [-0.39, 0.29) is 5.91 Å². The molecule has 3 rings (SSSR count). The minimum absolute atomic E-state index is 0.264. The second-order valence-corrected chi connectivity index (χ2v) is 8.85. The van der Waals surface area contributed by atoms with Crippen molar-refractivity contribution in [1.29, 1.82) is 0 Å². The van der Waals surface area contributed by atoms with Gasteiger partial charge in [-0.05, 0) is 30.7 Å². The third-order valence-electron chi connectivity index (χ3n) is 3.54. The molecule has 25 heavy (non-hydrogen) atoms. The lowest BCUT2D eigenvalue weighted by Gasteiger charge is -1.99.